The molecule has 156 valence electrons. The highest BCUT2D eigenvalue weighted by atomic mass is 35.5. The van der Waals surface area contributed by atoms with E-state index in [-0.39, 0.29) is 22.0 Å². The predicted molar refractivity (Wildman–Crippen MR) is 114 cm³/mol. The summed E-state index contributed by atoms with van der Waals surface area (Å²) in [6.07, 6.45) is 2.98. The molecule has 0 saturated carbocycles. The largest absolute Gasteiger partial charge is 0.399 e. The number of fused-ring (bicyclic) bond motifs is 1. The smallest absolute Gasteiger partial charge is 0.332 e. The summed E-state index contributed by atoms with van der Waals surface area (Å²) >= 11 is 5.97. The van der Waals surface area contributed by atoms with Gasteiger partial charge in [-0.3, -0.25) is 13.9 Å². The van der Waals surface area contributed by atoms with Gasteiger partial charge >= 0.3 is 5.69 Å². The molecule has 1 aromatic carbocycles. The molecule has 0 radical (unpaired) electrons. The Bertz CT molecular complexity index is 1320. The Morgan fingerprint density at radius 2 is 1.97 bits per heavy atom. The van der Waals surface area contributed by atoms with Crippen LogP contribution in [0.25, 0.3) is 11.2 Å². The van der Waals surface area contributed by atoms with Gasteiger partial charge in [-0.25, -0.2) is 9.78 Å². The summed E-state index contributed by atoms with van der Waals surface area (Å²) in [5, 5.41) is 3.81. The third-order valence-corrected chi connectivity index (χ3v) is 5.28. The zero-order valence-corrected chi connectivity index (χ0v) is 17.1. The Balaban J connectivity index is 1.80. The van der Waals surface area contributed by atoms with Gasteiger partial charge in [0.05, 0.1) is 6.20 Å². The van der Waals surface area contributed by atoms with Crippen molar-refractivity contribution >= 4 is 28.5 Å². The van der Waals surface area contributed by atoms with Gasteiger partial charge in [0.15, 0.2) is 5.65 Å². The first-order chi connectivity index (χ1) is 14.5. The molecule has 0 saturated heterocycles. The second kappa shape index (κ2) is 8.19. The first-order valence-corrected chi connectivity index (χ1v) is 10.0. The molecule has 0 unspecified atom stereocenters. The highest BCUT2D eigenvalue weighted by Crippen LogP contribution is 2.19. The average Bonchev–Trinajstić information content (AvgIpc) is 3.33. The molecule has 9 nitrogen and oxygen atoms in total. The summed E-state index contributed by atoms with van der Waals surface area (Å²) in [6.45, 7) is 2.58. The van der Waals surface area contributed by atoms with E-state index < -0.39 is 0 Å². The van der Waals surface area contributed by atoms with Crippen LogP contribution in [0.4, 0.5) is 5.69 Å². The number of halogens is 1. The zero-order valence-electron chi connectivity index (χ0n) is 16.4. The minimum Gasteiger partial charge on any atom is -0.399 e. The summed E-state index contributed by atoms with van der Waals surface area (Å²) in [4.78, 5) is 33.5. The number of imidazole rings is 1. The van der Waals surface area contributed by atoms with Gasteiger partial charge in [0.25, 0.3) is 5.56 Å². The third-order valence-electron chi connectivity index (χ3n) is 4.97. The highest BCUT2D eigenvalue weighted by molar-refractivity contribution is 6.29. The maximum Gasteiger partial charge on any atom is 0.332 e. The third kappa shape index (κ3) is 3.63. The molecule has 10 heteroatoms. The molecule has 0 spiro atoms. The molecule has 0 aliphatic heterocycles. The van der Waals surface area contributed by atoms with E-state index >= 15 is 0 Å². The van der Waals surface area contributed by atoms with Gasteiger partial charge in [-0.2, -0.15) is 0 Å². The fourth-order valence-electron chi connectivity index (χ4n) is 3.46. The van der Waals surface area contributed by atoms with Gasteiger partial charge in [0.2, 0.25) is 5.22 Å². The van der Waals surface area contributed by atoms with E-state index in [4.69, 9.17) is 21.9 Å². The van der Waals surface area contributed by atoms with Crippen LogP contribution in [-0.4, -0.2) is 24.3 Å². The van der Waals surface area contributed by atoms with Gasteiger partial charge < -0.3 is 15.2 Å². The molecule has 3 heterocycles. The lowest BCUT2D eigenvalue weighted by Crippen LogP contribution is -2.40. The van der Waals surface area contributed by atoms with E-state index in [1.165, 1.54) is 15.3 Å². The number of rotatable bonds is 7. The number of aryl methyl sites for hydroxylation is 2. The van der Waals surface area contributed by atoms with Crippen molar-refractivity contribution in [2.45, 2.75) is 39.3 Å². The van der Waals surface area contributed by atoms with Crippen molar-refractivity contribution in [2.24, 2.45) is 0 Å². The van der Waals surface area contributed by atoms with Crippen LogP contribution in [0.2, 0.25) is 5.22 Å². The lowest BCUT2D eigenvalue weighted by molar-refractivity contribution is 0.421. The Kier molecular flexibility index (Phi) is 5.45. The van der Waals surface area contributed by atoms with E-state index in [1.807, 2.05) is 31.2 Å². The number of aromatic amines is 1. The SMILES string of the molecule is CCCn1c(=O)c2[nH]c(Cc3cnoc3Cl)nc2n(CCc2ccccc2N)c1=O. The van der Waals surface area contributed by atoms with Crippen LogP contribution in [0.5, 0.6) is 0 Å². The normalized spacial score (nSPS) is 11.4. The van der Waals surface area contributed by atoms with E-state index in [0.717, 1.165) is 5.56 Å². The second-order valence-corrected chi connectivity index (χ2v) is 7.37. The molecule has 30 heavy (non-hydrogen) atoms. The average molecular weight is 429 g/mol. The van der Waals surface area contributed by atoms with Gasteiger partial charge in [-0.15, -0.1) is 0 Å². The molecule has 0 aliphatic rings. The monoisotopic (exact) mass is 428 g/mol. The quantitative estimate of drug-likeness (QED) is 0.435. The predicted octanol–water partition coefficient (Wildman–Crippen LogP) is 2.35. The topological polar surface area (TPSA) is 125 Å². The van der Waals surface area contributed by atoms with Gasteiger partial charge in [-0.1, -0.05) is 30.3 Å². The fourth-order valence-corrected chi connectivity index (χ4v) is 3.61. The molecule has 0 fully saturated rings. The number of para-hydroxylation sites is 1. The number of aromatic nitrogens is 5. The van der Waals surface area contributed by atoms with E-state index in [0.29, 0.717) is 55.1 Å². The minimum absolute atomic E-state index is 0.163. The number of hydrogen-bond acceptors (Lipinski definition) is 6. The Morgan fingerprint density at radius 3 is 2.67 bits per heavy atom. The summed E-state index contributed by atoms with van der Waals surface area (Å²) < 4.78 is 7.63. The summed E-state index contributed by atoms with van der Waals surface area (Å²) in [5.41, 5.74) is 8.09. The first kappa shape index (κ1) is 20.0. The molecule has 0 atom stereocenters. The van der Waals surface area contributed by atoms with Crippen molar-refractivity contribution in [3.63, 3.8) is 0 Å². The molecule has 3 N–H and O–H groups in total. The lowest BCUT2D eigenvalue weighted by atomic mass is 10.1. The lowest BCUT2D eigenvalue weighted by Gasteiger charge is -2.11. The second-order valence-electron chi connectivity index (χ2n) is 7.02. The number of nitrogen functional groups attached to an aromatic ring is 1. The molecular weight excluding hydrogens is 408 g/mol. The molecule has 4 rings (SSSR count). The molecule has 0 amide bonds. The van der Waals surface area contributed by atoms with Crippen LogP contribution in [0.3, 0.4) is 0 Å². The molecule has 3 aromatic heterocycles. The number of hydrogen-bond donors (Lipinski definition) is 2. The van der Waals surface area contributed by atoms with Crippen molar-refractivity contribution in [3.05, 3.63) is 73.5 Å². The molecule has 0 aliphatic carbocycles. The summed E-state index contributed by atoms with van der Waals surface area (Å²) in [7, 11) is 0. The van der Waals surface area contributed by atoms with E-state index in [2.05, 4.69) is 15.1 Å². The van der Waals surface area contributed by atoms with Crippen molar-refractivity contribution in [1.82, 2.24) is 24.3 Å². The standard InChI is InChI=1S/C20H21ClN6O3/c1-2-8-27-19(28)16-18(25-15(24-16)10-13-11-23-30-17(13)21)26(20(27)29)9-7-12-5-3-4-6-14(12)22/h3-6,11H,2,7-10,22H2,1H3,(H,24,25). The van der Waals surface area contributed by atoms with Crippen LogP contribution in [0.15, 0.2) is 44.6 Å². The number of nitrogens with zero attached hydrogens (tertiary/aromatic N) is 4. The van der Waals surface area contributed by atoms with E-state index in [1.54, 1.807) is 0 Å². The van der Waals surface area contributed by atoms with Gasteiger partial charge in [0.1, 0.15) is 11.3 Å². The number of nitrogens with two attached hydrogens (primary N) is 1. The zero-order chi connectivity index (χ0) is 21.3. The first-order valence-electron chi connectivity index (χ1n) is 9.64. The number of anilines is 1. The van der Waals surface area contributed by atoms with Crippen LogP contribution >= 0.6 is 11.6 Å². The molecule has 0 bridgehead atoms. The maximum absolute atomic E-state index is 13.1. The molecular formula is C20H21ClN6O3. The van der Waals surface area contributed by atoms with Crippen LogP contribution < -0.4 is 17.0 Å². The molecule has 4 aromatic rings. The van der Waals surface area contributed by atoms with Crippen molar-refractivity contribution in [1.29, 1.82) is 0 Å². The van der Waals surface area contributed by atoms with Crippen molar-refractivity contribution in [3.8, 4) is 0 Å². The fraction of sp³-hybridized carbons (Fsp3) is 0.300. The van der Waals surface area contributed by atoms with Crippen LogP contribution in [-0.2, 0) is 25.9 Å². The van der Waals surface area contributed by atoms with E-state index in [9.17, 15) is 9.59 Å². The van der Waals surface area contributed by atoms with Crippen LogP contribution in [0, 0.1) is 0 Å². The summed E-state index contributed by atoms with van der Waals surface area (Å²) in [5.74, 6) is 0.494. The Hall–Kier alpha value is -3.33. The highest BCUT2D eigenvalue weighted by Gasteiger charge is 2.18. The summed E-state index contributed by atoms with van der Waals surface area (Å²) in [6, 6.07) is 7.50. The van der Waals surface area contributed by atoms with Gasteiger partial charge in [-0.05, 0) is 36.1 Å². The number of nitrogens with one attached hydrogen (secondary N) is 1. The maximum atomic E-state index is 13.1. The van der Waals surface area contributed by atoms with Crippen molar-refractivity contribution < 1.29 is 4.52 Å². The Morgan fingerprint density at radius 1 is 1.17 bits per heavy atom. The van der Waals surface area contributed by atoms with Crippen LogP contribution in [0.1, 0.15) is 30.3 Å². The van der Waals surface area contributed by atoms with Gasteiger partial charge in [0, 0.05) is 30.8 Å². The minimum atomic E-state index is -0.387. The number of H-pyrrole nitrogens is 1. The number of benzene rings is 1. The van der Waals surface area contributed by atoms with Crippen molar-refractivity contribution in [2.75, 3.05) is 5.73 Å². The Labute approximate surface area is 176 Å².